The molecule has 0 aliphatic carbocycles. The molecule has 2 aliphatic heterocycles. The molecular formula is C18H22ClN3O4. The standard InChI is InChI=1S/C18H22ClN3O4/c1-12(23)20-5-7-21(8-6-20)16-4-3-14(10-15(16)19)22-11-13(9-17(22)24)18(25)26-2/h3-4,10,13H,5-9,11H2,1-2H3. The minimum absolute atomic E-state index is 0.0822. The fourth-order valence-electron chi connectivity index (χ4n) is 3.46. The van der Waals surface area contributed by atoms with Gasteiger partial charge in [-0.15, -0.1) is 0 Å². The molecule has 1 atom stereocenters. The summed E-state index contributed by atoms with van der Waals surface area (Å²) < 4.78 is 4.74. The van der Waals surface area contributed by atoms with Crippen LogP contribution in [0.3, 0.4) is 0 Å². The molecule has 2 aliphatic rings. The van der Waals surface area contributed by atoms with Gasteiger partial charge in [0.25, 0.3) is 0 Å². The lowest BCUT2D eigenvalue weighted by Crippen LogP contribution is -2.48. The molecule has 0 bridgehead atoms. The summed E-state index contributed by atoms with van der Waals surface area (Å²) in [7, 11) is 1.33. The van der Waals surface area contributed by atoms with E-state index < -0.39 is 5.92 Å². The monoisotopic (exact) mass is 379 g/mol. The number of hydrogen-bond acceptors (Lipinski definition) is 5. The van der Waals surface area contributed by atoms with Crippen LogP contribution in [0.15, 0.2) is 18.2 Å². The highest BCUT2D eigenvalue weighted by Gasteiger charge is 2.36. The van der Waals surface area contributed by atoms with Crippen molar-refractivity contribution in [3.05, 3.63) is 23.2 Å². The number of benzene rings is 1. The first kappa shape index (κ1) is 18.5. The third-order valence-electron chi connectivity index (χ3n) is 4.97. The van der Waals surface area contributed by atoms with Crippen LogP contribution in [-0.4, -0.2) is 62.5 Å². The fraction of sp³-hybridized carbons (Fsp3) is 0.500. The Morgan fingerprint density at radius 1 is 1.19 bits per heavy atom. The Morgan fingerprint density at radius 3 is 2.46 bits per heavy atom. The molecule has 0 spiro atoms. The maximum Gasteiger partial charge on any atom is 0.311 e. The molecule has 3 rings (SSSR count). The molecule has 2 amide bonds. The van der Waals surface area contributed by atoms with E-state index in [0.29, 0.717) is 43.4 Å². The van der Waals surface area contributed by atoms with E-state index >= 15 is 0 Å². The minimum atomic E-state index is -0.439. The van der Waals surface area contributed by atoms with Crippen LogP contribution in [0.1, 0.15) is 13.3 Å². The molecule has 7 nitrogen and oxygen atoms in total. The lowest BCUT2D eigenvalue weighted by atomic mass is 10.1. The van der Waals surface area contributed by atoms with Crippen molar-refractivity contribution in [2.75, 3.05) is 49.6 Å². The van der Waals surface area contributed by atoms with Gasteiger partial charge in [-0.05, 0) is 18.2 Å². The Labute approximate surface area is 157 Å². The van der Waals surface area contributed by atoms with Gasteiger partial charge in [-0.25, -0.2) is 0 Å². The Bertz CT molecular complexity index is 731. The number of rotatable bonds is 3. The third kappa shape index (κ3) is 3.62. The molecule has 0 N–H and O–H groups in total. The first-order valence-electron chi connectivity index (χ1n) is 8.59. The van der Waals surface area contributed by atoms with E-state index in [1.807, 2.05) is 17.0 Å². The molecular weight excluding hydrogens is 358 g/mol. The molecule has 2 heterocycles. The highest BCUT2D eigenvalue weighted by Crippen LogP contribution is 2.33. The van der Waals surface area contributed by atoms with E-state index in [9.17, 15) is 14.4 Å². The Balaban J connectivity index is 1.71. The van der Waals surface area contributed by atoms with Gasteiger partial charge in [0.15, 0.2) is 0 Å². The van der Waals surface area contributed by atoms with Crippen LogP contribution in [-0.2, 0) is 19.1 Å². The van der Waals surface area contributed by atoms with Gasteiger partial charge >= 0.3 is 5.97 Å². The van der Waals surface area contributed by atoms with Crippen molar-refractivity contribution in [2.45, 2.75) is 13.3 Å². The number of piperazine rings is 1. The second-order valence-electron chi connectivity index (χ2n) is 6.56. The van der Waals surface area contributed by atoms with E-state index in [1.165, 1.54) is 7.11 Å². The molecule has 0 saturated carbocycles. The molecule has 1 aromatic carbocycles. The number of carbonyl (C=O) groups excluding carboxylic acids is 3. The highest BCUT2D eigenvalue weighted by molar-refractivity contribution is 6.33. The summed E-state index contributed by atoms with van der Waals surface area (Å²) in [5.41, 5.74) is 1.56. The number of hydrogen-bond donors (Lipinski definition) is 0. The normalized spacial score (nSPS) is 20.5. The zero-order valence-electron chi connectivity index (χ0n) is 14.9. The molecule has 0 radical (unpaired) electrons. The second-order valence-corrected chi connectivity index (χ2v) is 6.96. The third-order valence-corrected chi connectivity index (χ3v) is 5.27. The summed E-state index contributed by atoms with van der Waals surface area (Å²) in [6.07, 6.45) is 0.152. The summed E-state index contributed by atoms with van der Waals surface area (Å²) in [6, 6.07) is 5.49. The first-order chi connectivity index (χ1) is 12.4. The van der Waals surface area contributed by atoms with E-state index in [0.717, 1.165) is 5.69 Å². The maximum absolute atomic E-state index is 12.2. The zero-order chi connectivity index (χ0) is 18.8. The number of amides is 2. The van der Waals surface area contributed by atoms with Crippen LogP contribution in [0.4, 0.5) is 11.4 Å². The van der Waals surface area contributed by atoms with Crippen molar-refractivity contribution in [1.82, 2.24) is 4.90 Å². The molecule has 1 unspecified atom stereocenters. The number of halogens is 1. The zero-order valence-corrected chi connectivity index (χ0v) is 15.7. The number of esters is 1. The molecule has 0 aromatic heterocycles. The average Bonchev–Trinajstić information content (AvgIpc) is 3.03. The molecule has 1 aromatic rings. The summed E-state index contributed by atoms with van der Waals surface area (Å²) in [5.74, 6) is -0.837. The largest absolute Gasteiger partial charge is 0.469 e. The predicted octanol–water partition coefficient (Wildman–Crippen LogP) is 1.53. The number of anilines is 2. The Hall–Kier alpha value is -2.28. The SMILES string of the molecule is COC(=O)C1CC(=O)N(c2ccc(N3CCN(C(C)=O)CC3)c(Cl)c2)C1. The van der Waals surface area contributed by atoms with Gasteiger partial charge in [0.2, 0.25) is 11.8 Å². The van der Waals surface area contributed by atoms with Crippen LogP contribution < -0.4 is 9.80 Å². The molecule has 26 heavy (non-hydrogen) atoms. The summed E-state index contributed by atoms with van der Waals surface area (Å²) in [4.78, 5) is 40.9. The number of carbonyl (C=O) groups is 3. The van der Waals surface area contributed by atoms with E-state index in [4.69, 9.17) is 16.3 Å². The fourth-order valence-corrected chi connectivity index (χ4v) is 3.76. The lowest BCUT2D eigenvalue weighted by Gasteiger charge is -2.36. The van der Waals surface area contributed by atoms with Crippen molar-refractivity contribution in [1.29, 1.82) is 0 Å². The van der Waals surface area contributed by atoms with Crippen molar-refractivity contribution in [2.24, 2.45) is 5.92 Å². The summed E-state index contributed by atoms with van der Waals surface area (Å²) >= 11 is 6.46. The smallest absolute Gasteiger partial charge is 0.311 e. The number of methoxy groups -OCH3 is 1. The van der Waals surface area contributed by atoms with Gasteiger partial charge in [0.1, 0.15) is 0 Å². The van der Waals surface area contributed by atoms with E-state index in [2.05, 4.69) is 4.90 Å². The van der Waals surface area contributed by atoms with Gasteiger partial charge in [-0.1, -0.05) is 11.6 Å². The van der Waals surface area contributed by atoms with Crippen LogP contribution in [0.25, 0.3) is 0 Å². The van der Waals surface area contributed by atoms with E-state index in [1.54, 1.807) is 17.9 Å². The highest BCUT2D eigenvalue weighted by atomic mass is 35.5. The van der Waals surface area contributed by atoms with Gasteiger partial charge in [0.05, 0.1) is 23.7 Å². The van der Waals surface area contributed by atoms with Crippen LogP contribution in [0.5, 0.6) is 0 Å². The molecule has 140 valence electrons. The van der Waals surface area contributed by atoms with Crippen molar-refractivity contribution < 1.29 is 19.1 Å². The van der Waals surface area contributed by atoms with Crippen LogP contribution in [0.2, 0.25) is 5.02 Å². The van der Waals surface area contributed by atoms with Crippen molar-refractivity contribution in [3.63, 3.8) is 0 Å². The predicted molar refractivity (Wildman–Crippen MR) is 98.4 cm³/mol. The van der Waals surface area contributed by atoms with Crippen LogP contribution >= 0.6 is 11.6 Å². The van der Waals surface area contributed by atoms with Gasteiger partial charge < -0.3 is 19.4 Å². The van der Waals surface area contributed by atoms with Gasteiger partial charge in [-0.2, -0.15) is 0 Å². The van der Waals surface area contributed by atoms with E-state index in [-0.39, 0.29) is 24.2 Å². The summed E-state index contributed by atoms with van der Waals surface area (Å²) in [6.45, 7) is 4.64. The molecule has 2 fully saturated rings. The number of ether oxygens (including phenoxy) is 1. The topological polar surface area (TPSA) is 70.2 Å². The van der Waals surface area contributed by atoms with Crippen LogP contribution in [0, 0.1) is 5.92 Å². The Morgan fingerprint density at radius 2 is 1.88 bits per heavy atom. The second kappa shape index (κ2) is 7.53. The van der Waals surface area contributed by atoms with Gasteiger partial charge in [0, 0.05) is 51.8 Å². The average molecular weight is 380 g/mol. The number of nitrogens with zero attached hydrogens (tertiary/aromatic N) is 3. The molecule has 8 heteroatoms. The Kier molecular flexibility index (Phi) is 5.36. The minimum Gasteiger partial charge on any atom is -0.469 e. The van der Waals surface area contributed by atoms with Gasteiger partial charge in [-0.3, -0.25) is 14.4 Å². The van der Waals surface area contributed by atoms with Crippen molar-refractivity contribution in [3.8, 4) is 0 Å². The maximum atomic E-state index is 12.2. The molecule has 2 saturated heterocycles. The quantitative estimate of drug-likeness (QED) is 0.745. The first-order valence-corrected chi connectivity index (χ1v) is 8.96. The summed E-state index contributed by atoms with van der Waals surface area (Å²) in [5, 5.41) is 0.549. The lowest BCUT2D eigenvalue weighted by molar-refractivity contribution is -0.145. The van der Waals surface area contributed by atoms with Crippen molar-refractivity contribution >= 4 is 40.8 Å².